The number of carbonyl (C=O) groups excluding carboxylic acids is 1. The first-order valence-corrected chi connectivity index (χ1v) is 10.0. The first-order chi connectivity index (χ1) is 12.6. The van der Waals surface area contributed by atoms with Gasteiger partial charge in [-0.3, -0.25) is 9.69 Å². The first-order valence-electron chi connectivity index (χ1n) is 10.0. The highest BCUT2D eigenvalue weighted by molar-refractivity contribution is 5.78. The van der Waals surface area contributed by atoms with Gasteiger partial charge in [-0.05, 0) is 55.3 Å². The molecule has 3 aliphatic rings. The Kier molecular flexibility index (Phi) is 5.07. The lowest BCUT2D eigenvalue weighted by molar-refractivity contribution is -0.135. The SMILES string of the molecule is C[C@@H]1C[C@@H](C)CN(C(=O)CN2CCC[C@@H]2c2ccc3c(c2)OCCO3)C1. The van der Waals surface area contributed by atoms with E-state index in [1.54, 1.807) is 0 Å². The monoisotopic (exact) mass is 358 g/mol. The van der Waals surface area contributed by atoms with Crippen molar-refractivity contribution < 1.29 is 14.3 Å². The van der Waals surface area contributed by atoms with Crippen molar-refractivity contribution in [1.82, 2.24) is 9.80 Å². The van der Waals surface area contributed by atoms with Gasteiger partial charge in [0.2, 0.25) is 5.91 Å². The van der Waals surface area contributed by atoms with E-state index in [1.807, 2.05) is 6.07 Å². The number of fused-ring (bicyclic) bond motifs is 1. The fourth-order valence-electron chi connectivity index (χ4n) is 4.80. The van der Waals surface area contributed by atoms with E-state index in [-0.39, 0.29) is 5.91 Å². The minimum atomic E-state index is 0.285. The third-order valence-corrected chi connectivity index (χ3v) is 5.87. The predicted octanol–water partition coefficient (Wildman–Crippen LogP) is 3.10. The third kappa shape index (κ3) is 3.68. The Hall–Kier alpha value is -1.75. The van der Waals surface area contributed by atoms with Crippen molar-refractivity contribution in [2.45, 2.75) is 39.2 Å². The third-order valence-electron chi connectivity index (χ3n) is 5.87. The molecule has 0 aliphatic carbocycles. The van der Waals surface area contributed by atoms with Crippen molar-refractivity contribution in [2.24, 2.45) is 11.8 Å². The van der Waals surface area contributed by atoms with E-state index in [2.05, 4.69) is 35.8 Å². The smallest absolute Gasteiger partial charge is 0.236 e. The molecule has 4 rings (SSSR count). The largest absolute Gasteiger partial charge is 0.486 e. The number of hydrogen-bond acceptors (Lipinski definition) is 4. The molecule has 26 heavy (non-hydrogen) atoms. The Labute approximate surface area is 156 Å². The zero-order valence-corrected chi connectivity index (χ0v) is 15.9. The number of benzene rings is 1. The molecule has 0 spiro atoms. The summed E-state index contributed by atoms with van der Waals surface area (Å²) in [6.45, 7) is 9.06. The zero-order valence-electron chi connectivity index (χ0n) is 15.9. The van der Waals surface area contributed by atoms with Gasteiger partial charge in [-0.15, -0.1) is 0 Å². The normalized spacial score (nSPS) is 29.0. The Bertz CT molecular complexity index is 653. The van der Waals surface area contributed by atoms with E-state index in [0.29, 0.717) is 37.6 Å². The highest BCUT2D eigenvalue weighted by Gasteiger charge is 2.32. The second-order valence-corrected chi connectivity index (χ2v) is 8.28. The molecule has 0 aromatic heterocycles. The zero-order chi connectivity index (χ0) is 18.1. The molecular formula is C21H30N2O3. The molecule has 0 unspecified atom stereocenters. The van der Waals surface area contributed by atoms with Crippen LogP contribution in [0.1, 0.15) is 44.7 Å². The minimum absolute atomic E-state index is 0.285. The maximum absolute atomic E-state index is 12.9. The molecule has 0 bridgehead atoms. The van der Waals surface area contributed by atoms with Gasteiger partial charge < -0.3 is 14.4 Å². The van der Waals surface area contributed by atoms with Crippen LogP contribution in [0.4, 0.5) is 0 Å². The average molecular weight is 358 g/mol. The average Bonchev–Trinajstić information content (AvgIpc) is 3.08. The first kappa shape index (κ1) is 17.7. The maximum Gasteiger partial charge on any atom is 0.236 e. The number of carbonyl (C=O) groups is 1. The second kappa shape index (κ2) is 7.47. The number of ether oxygens (including phenoxy) is 2. The molecule has 0 N–H and O–H groups in total. The van der Waals surface area contributed by atoms with Gasteiger partial charge in [-0.2, -0.15) is 0 Å². The lowest BCUT2D eigenvalue weighted by atomic mass is 9.92. The van der Waals surface area contributed by atoms with Gasteiger partial charge in [0.1, 0.15) is 13.2 Å². The summed E-state index contributed by atoms with van der Waals surface area (Å²) in [5.41, 5.74) is 1.24. The van der Waals surface area contributed by atoms with Crippen LogP contribution in [0.2, 0.25) is 0 Å². The van der Waals surface area contributed by atoms with E-state index >= 15 is 0 Å². The molecule has 1 aromatic rings. The molecule has 0 radical (unpaired) electrons. The number of hydrogen-bond donors (Lipinski definition) is 0. The molecule has 2 fully saturated rings. The van der Waals surface area contributed by atoms with E-state index in [4.69, 9.17) is 9.47 Å². The topological polar surface area (TPSA) is 42.0 Å². The summed E-state index contributed by atoms with van der Waals surface area (Å²) >= 11 is 0. The summed E-state index contributed by atoms with van der Waals surface area (Å²) in [5, 5.41) is 0. The number of piperidine rings is 1. The molecule has 2 saturated heterocycles. The molecule has 3 atom stereocenters. The summed E-state index contributed by atoms with van der Waals surface area (Å²) in [6.07, 6.45) is 3.46. The molecule has 1 aromatic carbocycles. The van der Waals surface area contributed by atoms with Crippen LogP contribution in [0.5, 0.6) is 11.5 Å². The number of nitrogens with zero attached hydrogens (tertiary/aromatic N) is 2. The quantitative estimate of drug-likeness (QED) is 0.833. The fraction of sp³-hybridized carbons (Fsp3) is 0.667. The predicted molar refractivity (Wildman–Crippen MR) is 101 cm³/mol. The lowest BCUT2D eigenvalue weighted by Gasteiger charge is -2.36. The molecule has 5 nitrogen and oxygen atoms in total. The Balaban J connectivity index is 1.44. The fourth-order valence-corrected chi connectivity index (χ4v) is 4.80. The van der Waals surface area contributed by atoms with Crippen LogP contribution in [0, 0.1) is 11.8 Å². The van der Waals surface area contributed by atoms with E-state index in [9.17, 15) is 4.79 Å². The molecule has 0 saturated carbocycles. The van der Waals surface area contributed by atoms with Crippen molar-refractivity contribution in [3.05, 3.63) is 23.8 Å². The van der Waals surface area contributed by atoms with Gasteiger partial charge in [-0.25, -0.2) is 0 Å². The second-order valence-electron chi connectivity index (χ2n) is 8.28. The van der Waals surface area contributed by atoms with Crippen LogP contribution in [0.3, 0.4) is 0 Å². The highest BCUT2D eigenvalue weighted by Crippen LogP contribution is 2.38. The maximum atomic E-state index is 12.9. The molecule has 3 aliphatic heterocycles. The van der Waals surface area contributed by atoms with Gasteiger partial charge in [0.05, 0.1) is 6.54 Å². The van der Waals surface area contributed by atoms with Crippen molar-refractivity contribution >= 4 is 5.91 Å². The lowest BCUT2D eigenvalue weighted by Crippen LogP contribution is -2.46. The number of amides is 1. The van der Waals surface area contributed by atoms with Crippen LogP contribution in [-0.2, 0) is 4.79 Å². The van der Waals surface area contributed by atoms with Crippen molar-refractivity contribution in [3.8, 4) is 11.5 Å². The Morgan fingerprint density at radius 2 is 1.85 bits per heavy atom. The van der Waals surface area contributed by atoms with Gasteiger partial charge in [-0.1, -0.05) is 19.9 Å². The minimum Gasteiger partial charge on any atom is -0.486 e. The van der Waals surface area contributed by atoms with Crippen LogP contribution in [0.25, 0.3) is 0 Å². The summed E-state index contributed by atoms with van der Waals surface area (Å²) in [7, 11) is 0. The van der Waals surface area contributed by atoms with Gasteiger partial charge in [0.15, 0.2) is 11.5 Å². The Morgan fingerprint density at radius 3 is 2.62 bits per heavy atom. The van der Waals surface area contributed by atoms with Gasteiger partial charge in [0, 0.05) is 19.1 Å². The van der Waals surface area contributed by atoms with Crippen molar-refractivity contribution in [2.75, 3.05) is 39.4 Å². The van der Waals surface area contributed by atoms with Crippen LogP contribution < -0.4 is 9.47 Å². The van der Waals surface area contributed by atoms with Crippen LogP contribution >= 0.6 is 0 Å². The summed E-state index contributed by atoms with van der Waals surface area (Å²) in [5.74, 6) is 3.17. The number of rotatable bonds is 3. The standard InChI is InChI=1S/C21H30N2O3/c1-15-10-16(2)13-23(12-15)21(24)14-22-7-3-4-18(22)17-5-6-19-20(11-17)26-9-8-25-19/h5-6,11,15-16,18H,3-4,7-10,12-14H2,1-2H3/t15-,16-,18-/m1/s1. The van der Waals surface area contributed by atoms with Crippen LogP contribution in [-0.4, -0.2) is 55.1 Å². The molecular weight excluding hydrogens is 328 g/mol. The van der Waals surface area contributed by atoms with Crippen molar-refractivity contribution in [1.29, 1.82) is 0 Å². The van der Waals surface area contributed by atoms with E-state index < -0.39 is 0 Å². The van der Waals surface area contributed by atoms with E-state index in [1.165, 1.54) is 12.0 Å². The van der Waals surface area contributed by atoms with Crippen molar-refractivity contribution in [3.63, 3.8) is 0 Å². The van der Waals surface area contributed by atoms with Gasteiger partial charge >= 0.3 is 0 Å². The molecule has 1 amide bonds. The molecule has 142 valence electrons. The van der Waals surface area contributed by atoms with Crippen LogP contribution in [0.15, 0.2) is 18.2 Å². The molecule has 5 heteroatoms. The summed E-state index contributed by atoms with van der Waals surface area (Å²) in [6, 6.07) is 6.55. The Morgan fingerprint density at radius 1 is 1.12 bits per heavy atom. The van der Waals surface area contributed by atoms with Gasteiger partial charge in [0.25, 0.3) is 0 Å². The molecule has 3 heterocycles. The summed E-state index contributed by atoms with van der Waals surface area (Å²) in [4.78, 5) is 17.3. The van der Waals surface area contributed by atoms with E-state index in [0.717, 1.165) is 44.0 Å². The highest BCUT2D eigenvalue weighted by atomic mass is 16.6. The number of likely N-dealkylation sites (tertiary alicyclic amines) is 2. The summed E-state index contributed by atoms with van der Waals surface area (Å²) < 4.78 is 11.4.